The highest BCUT2D eigenvalue weighted by Crippen LogP contribution is 2.39. The molecule has 20 heavy (non-hydrogen) atoms. The summed E-state index contributed by atoms with van der Waals surface area (Å²) in [6.07, 6.45) is 2.39. The monoisotopic (exact) mass is 274 g/mol. The molecule has 0 aliphatic carbocycles. The molecule has 4 heteroatoms. The van der Waals surface area contributed by atoms with Crippen LogP contribution in [-0.2, 0) is 16.0 Å². The van der Waals surface area contributed by atoms with E-state index in [4.69, 9.17) is 10.5 Å². The van der Waals surface area contributed by atoms with Crippen LogP contribution in [0.3, 0.4) is 0 Å². The average Bonchev–Trinajstić information content (AvgIpc) is 2.83. The Balaban J connectivity index is 1.93. The van der Waals surface area contributed by atoms with E-state index in [9.17, 15) is 4.79 Å². The predicted octanol–water partition coefficient (Wildman–Crippen LogP) is 1.72. The molecule has 1 amide bonds. The van der Waals surface area contributed by atoms with Crippen LogP contribution in [0.15, 0.2) is 24.3 Å². The largest absolute Gasteiger partial charge is 0.381 e. The Labute approximate surface area is 119 Å². The van der Waals surface area contributed by atoms with Gasteiger partial charge >= 0.3 is 0 Å². The maximum atomic E-state index is 13.1. The first-order valence-corrected chi connectivity index (χ1v) is 7.37. The normalized spacial score (nSPS) is 24.5. The first-order valence-electron chi connectivity index (χ1n) is 7.37. The molecule has 2 aliphatic rings. The molecule has 1 aromatic rings. The highest BCUT2D eigenvalue weighted by atomic mass is 16.5. The second kappa shape index (κ2) is 5.19. The SMILES string of the molecule is CC1Cc2ccccc2N1C(=O)C1(CN)CCOCC1. The number of para-hydroxylation sites is 1. The molecular formula is C16H22N2O2. The summed E-state index contributed by atoms with van der Waals surface area (Å²) < 4.78 is 5.41. The van der Waals surface area contributed by atoms with Gasteiger partial charge in [0.2, 0.25) is 5.91 Å². The molecule has 0 bridgehead atoms. The summed E-state index contributed by atoms with van der Waals surface area (Å²) in [6.45, 7) is 3.78. The van der Waals surface area contributed by atoms with Crippen molar-refractivity contribution in [1.82, 2.24) is 0 Å². The van der Waals surface area contributed by atoms with E-state index in [1.807, 2.05) is 23.1 Å². The molecule has 1 unspecified atom stereocenters. The van der Waals surface area contributed by atoms with Crippen LogP contribution in [0.2, 0.25) is 0 Å². The van der Waals surface area contributed by atoms with Crippen LogP contribution >= 0.6 is 0 Å². The Morgan fingerprint density at radius 1 is 1.40 bits per heavy atom. The quantitative estimate of drug-likeness (QED) is 0.893. The highest BCUT2D eigenvalue weighted by Gasteiger charge is 2.44. The molecule has 4 nitrogen and oxygen atoms in total. The third-order valence-corrected chi connectivity index (χ3v) is 4.72. The van der Waals surface area contributed by atoms with Gasteiger partial charge in [-0.1, -0.05) is 18.2 Å². The molecule has 1 saturated heterocycles. The van der Waals surface area contributed by atoms with E-state index in [-0.39, 0.29) is 11.9 Å². The van der Waals surface area contributed by atoms with Gasteiger partial charge in [0.15, 0.2) is 0 Å². The number of hydrogen-bond donors (Lipinski definition) is 1. The lowest BCUT2D eigenvalue weighted by molar-refractivity contribution is -0.133. The fraction of sp³-hybridized carbons (Fsp3) is 0.562. The molecule has 0 aromatic heterocycles. The van der Waals surface area contributed by atoms with Crippen LogP contribution in [0.4, 0.5) is 5.69 Å². The smallest absolute Gasteiger partial charge is 0.234 e. The fourth-order valence-corrected chi connectivity index (χ4v) is 3.40. The zero-order valence-corrected chi connectivity index (χ0v) is 12.0. The zero-order valence-electron chi connectivity index (χ0n) is 12.0. The van der Waals surface area contributed by atoms with Crippen molar-refractivity contribution >= 4 is 11.6 Å². The number of hydrogen-bond acceptors (Lipinski definition) is 3. The van der Waals surface area contributed by atoms with Gasteiger partial charge in [0.1, 0.15) is 0 Å². The Hall–Kier alpha value is -1.39. The second-order valence-electron chi connectivity index (χ2n) is 5.95. The van der Waals surface area contributed by atoms with E-state index in [2.05, 4.69) is 13.0 Å². The Morgan fingerprint density at radius 3 is 2.80 bits per heavy atom. The highest BCUT2D eigenvalue weighted by molar-refractivity contribution is 6.00. The van der Waals surface area contributed by atoms with Gasteiger partial charge in [-0.15, -0.1) is 0 Å². The van der Waals surface area contributed by atoms with E-state index in [0.717, 1.165) is 24.9 Å². The molecule has 1 fully saturated rings. The lowest BCUT2D eigenvalue weighted by Gasteiger charge is -2.39. The summed E-state index contributed by atoms with van der Waals surface area (Å²) in [7, 11) is 0. The van der Waals surface area contributed by atoms with Crippen molar-refractivity contribution in [3.8, 4) is 0 Å². The summed E-state index contributed by atoms with van der Waals surface area (Å²) in [5.74, 6) is 0.181. The van der Waals surface area contributed by atoms with Crippen LogP contribution in [-0.4, -0.2) is 31.7 Å². The standard InChI is InChI=1S/C16H22N2O2/c1-12-10-13-4-2-3-5-14(13)18(12)15(19)16(11-17)6-8-20-9-7-16/h2-5,12H,6-11,17H2,1H3. The van der Waals surface area contributed by atoms with Gasteiger partial charge in [0.05, 0.1) is 5.41 Å². The number of carbonyl (C=O) groups is 1. The maximum absolute atomic E-state index is 13.1. The topological polar surface area (TPSA) is 55.6 Å². The summed E-state index contributed by atoms with van der Waals surface area (Å²) >= 11 is 0. The maximum Gasteiger partial charge on any atom is 0.234 e. The Bertz CT molecular complexity index is 509. The van der Waals surface area contributed by atoms with Crippen molar-refractivity contribution in [2.45, 2.75) is 32.2 Å². The lowest BCUT2D eigenvalue weighted by atomic mass is 9.78. The van der Waals surface area contributed by atoms with Crippen molar-refractivity contribution < 1.29 is 9.53 Å². The Morgan fingerprint density at radius 2 is 2.10 bits per heavy atom. The van der Waals surface area contributed by atoms with E-state index in [1.54, 1.807) is 0 Å². The van der Waals surface area contributed by atoms with E-state index < -0.39 is 5.41 Å². The van der Waals surface area contributed by atoms with Crippen LogP contribution < -0.4 is 10.6 Å². The van der Waals surface area contributed by atoms with Crippen LogP contribution in [0.25, 0.3) is 0 Å². The lowest BCUT2D eigenvalue weighted by Crippen LogP contribution is -2.52. The minimum absolute atomic E-state index is 0.181. The van der Waals surface area contributed by atoms with Crippen LogP contribution in [0.1, 0.15) is 25.3 Å². The predicted molar refractivity (Wildman–Crippen MR) is 78.6 cm³/mol. The number of nitrogens with zero attached hydrogens (tertiary/aromatic N) is 1. The van der Waals surface area contributed by atoms with E-state index in [1.165, 1.54) is 5.56 Å². The molecule has 0 spiro atoms. The summed E-state index contributed by atoms with van der Waals surface area (Å²) in [6, 6.07) is 8.40. The first-order chi connectivity index (χ1) is 9.68. The van der Waals surface area contributed by atoms with E-state index in [0.29, 0.717) is 19.8 Å². The molecule has 1 aromatic carbocycles. The van der Waals surface area contributed by atoms with Crippen molar-refractivity contribution in [1.29, 1.82) is 0 Å². The molecule has 0 radical (unpaired) electrons. The van der Waals surface area contributed by atoms with Crippen molar-refractivity contribution in [2.24, 2.45) is 11.1 Å². The molecular weight excluding hydrogens is 252 g/mol. The molecule has 1 atom stereocenters. The molecule has 2 N–H and O–H groups in total. The number of ether oxygens (including phenoxy) is 1. The molecule has 0 saturated carbocycles. The minimum atomic E-state index is -0.441. The number of nitrogens with two attached hydrogens (primary N) is 1. The summed E-state index contributed by atoms with van der Waals surface area (Å²) in [5, 5.41) is 0. The van der Waals surface area contributed by atoms with Gasteiger partial charge in [-0.2, -0.15) is 0 Å². The van der Waals surface area contributed by atoms with Crippen molar-refractivity contribution in [2.75, 3.05) is 24.7 Å². The minimum Gasteiger partial charge on any atom is -0.381 e. The van der Waals surface area contributed by atoms with Gasteiger partial charge in [0, 0.05) is 31.5 Å². The number of benzene rings is 1. The summed E-state index contributed by atoms with van der Waals surface area (Å²) in [5.41, 5.74) is 7.85. The number of amides is 1. The summed E-state index contributed by atoms with van der Waals surface area (Å²) in [4.78, 5) is 15.1. The molecule has 3 rings (SSSR count). The molecule has 2 aliphatic heterocycles. The molecule has 2 heterocycles. The molecule has 108 valence electrons. The number of fused-ring (bicyclic) bond motifs is 1. The van der Waals surface area contributed by atoms with E-state index >= 15 is 0 Å². The zero-order chi connectivity index (χ0) is 14.2. The van der Waals surface area contributed by atoms with Crippen molar-refractivity contribution in [3.63, 3.8) is 0 Å². The fourth-order valence-electron chi connectivity index (χ4n) is 3.40. The second-order valence-corrected chi connectivity index (χ2v) is 5.95. The average molecular weight is 274 g/mol. The van der Waals surface area contributed by atoms with Crippen LogP contribution in [0.5, 0.6) is 0 Å². The van der Waals surface area contributed by atoms with Gasteiger partial charge in [-0.25, -0.2) is 0 Å². The van der Waals surface area contributed by atoms with Gasteiger partial charge < -0.3 is 15.4 Å². The van der Waals surface area contributed by atoms with Gasteiger partial charge in [0.25, 0.3) is 0 Å². The number of rotatable bonds is 2. The van der Waals surface area contributed by atoms with Crippen molar-refractivity contribution in [3.05, 3.63) is 29.8 Å². The first kappa shape index (κ1) is 13.6. The number of carbonyl (C=O) groups excluding carboxylic acids is 1. The third kappa shape index (κ3) is 2.03. The Kier molecular flexibility index (Phi) is 3.52. The van der Waals surface area contributed by atoms with Crippen LogP contribution in [0, 0.1) is 5.41 Å². The third-order valence-electron chi connectivity index (χ3n) is 4.72. The van der Waals surface area contributed by atoms with Gasteiger partial charge in [-0.3, -0.25) is 4.79 Å². The number of anilines is 1. The van der Waals surface area contributed by atoms with Gasteiger partial charge in [-0.05, 0) is 37.8 Å².